The monoisotopic (exact) mass is 242 g/mol. The predicted molar refractivity (Wildman–Crippen MR) is 58.7 cm³/mol. The van der Waals surface area contributed by atoms with Crippen molar-refractivity contribution in [3.63, 3.8) is 0 Å². The number of hydrazine groups is 1. The first-order valence-electron chi connectivity index (χ1n) is 4.87. The Bertz CT molecular complexity index is 435. The fourth-order valence-electron chi connectivity index (χ4n) is 1.05. The van der Waals surface area contributed by atoms with Gasteiger partial charge in [0.15, 0.2) is 11.6 Å². The summed E-state index contributed by atoms with van der Waals surface area (Å²) in [6, 6.07) is 3.28. The maximum Gasteiger partial charge on any atom is 0.425 e. The molecule has 0 radical (unpaired) electrons. The molecule has 0 bridgehead atoms. The van der Waals surface area contributed by atoms with E-state index in [9.17, 15) is 13.6 Å². The number of amides is 1. The van der Waals surface area contributed by atoms with Gasteiger partial charge < -0.3 is 4.74 Å². The second-order valence-corrected chi connectivity index (χ2v) is 3.08. The van der Waals surface area contributed by atoms with E-state index in [0.29, 0.717) is 5.56 Å². The summed E-state index contributed by atoms with van der Waals surface area (Å²) < 4.78 is 30.1. The molecule has 0 heterocycles. The van der Waals surface area contributed by atoms with E-state index in [4.69, 9.17) is 0 Å². The first-order valence-corrected chi connectivity index (χ1v) is 4.87. The number of nitrogens with one attached hydrogen (secondary N) is 2. The van der Waals surface area contributed by atoms with E-state index < -0.39 is 17.7 Å². The quantitative estimate of drug-likeness (QED) is 0.796. The normalized spacial score (nSPS) is 9.59. The molecule has 1 aromatic rings. The molecule has 4 nitrogen and oxygen atoms in total. The molecule has 1 rings (SSSR count). The van der Waals surface area contributed by atoms with Crippen LogP contribution in [-0.2, 0) is 4.74 Å². The molecule has 0 unspecified atom stereocenters. The van der Waals surface area contributed by atoms with E-state index in [1.54, 1.807) is 6.92 Å². The molecule has 2 N–H and O–H groups in total. The molecule has 0 saturated carbocycles. The third-order valence-electron chi connectivity index (χ3n) is 1.86. The van der Waals surface area contributed by atoms with E-state index in [2.05, 4.69) is 22.2 Å². The molecule has 0 saturated heterocycles. The zero-order valence-electron chi connectivity index (χ0n) is 9.22. The van der Waals surface area contributed by atoms with E-state index in [1.165, 1.54) is 6.07 Å². The Hall–Kier alpha value is -2.11. The number of halogens is 2. The van der Waals surface area contributed by atoms with Gasteiger partial charge in [0.05, 0.1) is 12.3 Å². The number of benzene rings is 1. The maximum absolute atomic E-state index is 12.9. The maximum atomic E-state index is 12.9. The molecule has 0 fully saturated rings. The fourth-order valence-corrected chi connectivity index (χ4v) is 1.05. The van der Waals surface area contributed by atoms with Gasteiger partial charge in [-0.05, 0) is 25.1 Å². The topological polar surface area (TPSA) is 50.4 Å². The van der Waals surface area contributed by atoms with Crippen molar-refractivity contribution in [2.24, 2.45) is 0 Å². The van der Waals surface area contributed by atoms with Gasteiger partial charge in [0, 0.05) is 5.56 Å². The summed E-state index contributed by atoms with van der Waals surface area (Å²) in [5, 5.41) is 0. The van der Waals surface area contributed by atoms with Crippen LogP contribution in [0.4, 0.5) is 13.6 Å². The highest BCUT2D eigenvalue weighted by molar-refractivity contribution is 5.70. The van der Waals surface area contributed by atoms with Crippen LogP contribution in [0.15, 0.2) is 24.8 Å². The summed E-state index contributed by atoms with van der Waals surface area (Å²) in [6.45, 7) is 5.44. The summed E-state index contributed by atoms with van der Waals surface area (Å²) >= 11 is 0. The first-order chi connectivity index (χ1) is 8.04. The van der Waals surface area contributed by atoms with Gasteiger partial charge in [-0.3, -0.25) is 5.43 Å². The molecule has 1 amide bonds. The van der Waals surface area contributed by atoms with Crippen molar-refractivity contribution >= 4 is 11.8 Å². The van der Waals surface area contributed by atoms with Gasteiger partial charge in [-0.2, -0.15) is 0 Å². The summed E-state index contributed by atoms with van der Waals surface area (Å²) in [6.07, 6.45) is -0.684. The molecule has 0 aliphatic rings. The van der Waals surface area contributed by atoms with Crippen LogP contribution in [0.3, 0.4) is 0 Å². The lowest BCUT2D eigenvalue weighted by atomic mass is 10.2. The minimum absolute atomic E-state index is 0.219. The zero-order chi connectivity index (χ0) is 12.8. The highest BCUT2D eigenvalue weighted by Crippen LogP contribution is 2.13. The number of carbonyl (C=O) groups excluding carboxylic acids is 1. The van der Waals surface area contributed by atoms with Crippen LogP contribution in [0.1, 0.15) is 12.5 Å². The lowest BCUT2D eigenvalue weighted by Crippen LogP contribution is -2.36. The number of rotatable bonds is 4. The number of ether oxygens (including phenoxy) is 1. The van der Waals surface area contributed by atoms with Crippen LogP contribution in [0.5, 0.6) is 0 Å². The van der Waals surface area contributed by atoms with Crippen molar-refractivity contribution in [3.8, 4) is 0 Å². The molecule has 0 aliphatic heterocycles. The SMILES string of the molecule is C=C(NNC(=O)OCC)c1ccc(F)c(F)c1. The summed E-state index contributed by atoms with van der Waals surface area (Å²) in [4.78, 5) is 10.9. The van der Waals surface area contributed by atoms with E-state index >= 15 is 0 Å². The lowest BCUT2D eigenvalue weighted by Gasteiger charge is -2.10. The largest absolute Gasteiger partial charge is 0.449 e. The number of hydrogen-bond acceptors (Lipinski definition) is 3. The van der Waals surface area contributed by atoms with Gasteiger partial charge in [0.25, 0.3) is 0 Å². The molecule has 17 heavy (non-hydrogen) atoms. The molecule has 0 spiro atoms. The molecule has 6 heteroatoms. The average Bonchev–Trinajstić information content (AvgIpc) is 2.30. The van der Waals surface area contributed by atoms with Crippen LogP contribution in [-0.4, -0.2) is 12.7 Å². The highest BCUT2D eigenvalue weighted by Gasteiger charge is 2.06. The van der Waals surface area contributed by atoms with Gasteiger partial charge in [-0.15, -0.1) is 0 Å². The molecule has 0 aliphatic carbocycles. The highest BCUT2D eigenvalue weighted by atomic mass is 19.2. The molecular formula is C11H12F2N2O2. The van der Waals surface area contributed by atoms with E-state index in [0.717, 1.165) is 12.1 Å². The fraction of sp³-hybridized carbons (Fsp3) is 0.182. The van der Waals surface area contributed by atoms with Crippen LogP contribution in [0, 0.1) is 11.6 Å². The Morgan fingerprint density at radius 3 is 2.65 bits per heavy atom. The third kappa shape index (κ3) is 3.75. The van der Waals surface area contributed by atoms with Crippen molar-refractivity contribution < 1.29 is 18.3 Å². The standard InChI is InChI=1S/C11H12F2N2O2/c1-3-17-11(16)15-14-7(2)8-4-5-9(12)10(13)6-8/h4-6,14H,2-3H2,1H3,(H,15,16). The van der Waals surface area contributed by atoms with Gasteiger partial charge in [0.2, 0.25) is 0 Å². The summed E-state index contributed by atoms with van der Waals surface area (Å²) in [5.41, 5.74) is 5.15. The zero-order valence-corrected chi connectivity index (χ0v) is 9.22. The molecule has 92 valence electrons. The Labute approximate surface area is 97.2 Å². The minimum Gasteiger partial charge on any atom is -0.449 e. The van der Waals surface area contributed by atoms with Crippen molar-refractivity contribution in [2.75, 3.05) is 6.61 Å². The second-order valence-electron chi connectivity index (χ2n) is 3.08. The summed E-state index contributed by atoms with van der Waals surface area (Å²) in [5.74, 6) is -1.93. The molecule has 1 aromatic carbocycles. The Balaban J connectivity index is 2.58. The van der Waals surface area contributed by atoms with Crippen molar-refractivity contribution in [1.29, 1.82) is 0 Å². The Morgan fingerprint density at radius 2 is 2.06 bits per heavy atom. The van der Waals surface area contributed by atoms with Gasteiger partial charge >= 0.3 is 6.09 Å². The van der Waals surface area contributed by atoms with E-state index in [1.807, 2.05) is 0 Å². The Kier molecular flexibility index (Phi) is 4.45. The molecule has 0 atom stereocenters. The van der Waals surface area contributed by atoms with Crippen LogP contribution >= 0.6 is 0 Å². The smallest absolute Gasteiger partial charge is 0.425 e. The minimum atomic E-state index is -0.985. The predicted octanol–water partition coefficient (Wildman–Crippen LogP) is 2.19. The van der Waals surface area contributed by atoms with Crippen LogP contribution in [0.25, 0.3) is 5.70 Å². The van der Waals surface area contributed by atoms with Crippen molar-refractivity contribution in [3.05, 3.63) is 42.0 Å². The average molecular weight is 242 g/mol. The van der Waals surface area contributed by atoms with Crippen molar-refractivity contribution in [2.45, 2.75) is 6.92 Å². The van der Waals surface area contributed by atoms with Gasteiger partial charge in [-0.25, -0.2) is 19.0 Å². The third-order valence-corrected chi connectivity index (χ3v) is 1.86. The summed E-state index contributed by atoms with van der Waals surface area (Å²) in [7, 11) is 0. The Morgan fingerprint density at radius 1 is 1.35 bits per heavy atom. The van der Waals surface area contributed by atoms with Crippen LogP contribution < -0.4 is 10.9 Å². The molecular weight excluding hydrogens is 230 g/mol. The van der Waals surface area contributed by atoms with Crippen molar-refractivity contribution in [1.82, 2.24) is 10.9 Å². The molecule has 0 aromatic heterocycles. The van der Waals surface area contributed by atoms with Crippen LogP contribution in [0.2, 0.25) is 0 Å². The number of hydrogen-bond donors (Lipinski definition) is 2. The number of carbonyl (C=O) groups is 1. The van der Waals surface area contributed by atoms with Gasteiger partial charge in [-0.1, -0.05) is 6.58 Å². The lowest BCUT2D eigenvalue weighted by molar-refractivity contribution is 0.149. The van der Waals surface area contributed by atoms with Gasteiger partial charge in [0.1, 0.15) is 0 Å². The van der Waals surface area contributed by atoms with E-state index in [-0.39, 0.29) is 12.3 Å². The first kappa shape index (κ1) is 13.0. The second kappa shape index (κ2) is 5.83.